The van der Waals surface area contributed by atoms with E-state index < -0.39 is 0 Å². The van der Waals surface area contributed by atoms with Crippen molar-refractivity contribution in [2.75, 3.05) is 27.4 Å². The first-order chi connectivity index (χ1) is 11.7. The maximum atomic E-state index is 8.80. The van der Waals surface area contributed by atoms with Crippen LogP contribution in [-0.4, -0.2) is 38.9 Å². The number of methoxy groups -OCH3 is 2. The molecule has 1 N–H and O–H groups in total. The zero-order valence-corrected chi connectivity index (χ0v) is 14.9. The maximum Gasteiger partial charge on any atom is 0.170 e. The monoisotopic (exact) mass is 395 g/mol. The van der Waals surface area contributed by atoms with Gasteiger partial charge >= 0.3 is 0 Å². The second kappa shape index (κ2) is 9.02. The highest BCUT2D eigenvalue weighted by Gasteiger charge is 2.12. The first-order valence-corrected chi connectivity index (χ1v) is 7.92. The van der Waals surface area contributed by atoms with Crippen molar-refractivity contribution in [2.24, 2.45) is 5.16 Å². The summed E-state index contributed by atoms with van der Waals surface area (Å²) in [6, 6.07) is 10.9. The van der Waals surface area contributed by atoms with Gasteiger partial charge in [0.05, 0.1) is 20.4 Å². The van der Waals surface area contributed by atoms with Crippen molar-refractivity contribution in [3.63, 3.8) is 0 Å². The summed E-state index contributed by atoms with van der Waals surface area (Å²) in [7, 11) is 3.13. The summed E-state index contributed by atoms with van der Waals surface area (Å²) in [5, 5.41) is 11.8. The van der Waals surface area contributed by atoms with Crippen LogP contribution in [0.25, 0.3) is 0 Å². The summed E-state index contributed by atoms with van der Waals surface area (Å²) in [6.45, 7) is 0.595. The molecule has 0 aliphatic carbocycles. The number of hydrogen-bond acceptors (Lipinski definition) is 6. The van der Waals surface area contributed by atoms with Gasteiger partial charge in [0.15, 0.2) is 23.0 Å². The molecule has 0 radical (unpaired) electrons. The number of ether oxygens (including phenoxy) is 4. The molecular weight excluding hydrogens is 378 g/mol. The molecule has 128 valence electrons. The molecule has 0 bridgehead atoms. The lowest BCUT2D eigenvalue weighted by atomic mass is 10.2. The topological polar surface area (TPSA) is 69.5 Å². The molecule has 0 aromatic heterocycles. The Balaban J connectivity index is 2.04. The number of halogens is 1. The van der Waals surface area contributed by atoms with Gasteiger partial charge in [-0.15, -0.1) is 0 Å². The minimum Gasteiger partial charge on any atom is -0.493 e. The van der Waals surface area contributed by atoms with Gasteiger partial charge in [0, 0.05) is 10.0 Å². The molecular formula is C17H18BrNO5. The van der Waals surface area contributed by atoms with Crippen LogP contribution in [-0.2, 0) is 0 Å². The van der Waals surface area contributed by atoms with E-state index in [0.29, 0.717) is 35.2 Å². The third kappa shape index (κ3) is 4.55. The van der Waals surface area contributed by atoms with Crippen molar-refractivity contribution < 1.29 is 24.2 Å². The fourth-order valence-corrected chi connectivity index (χ4v) is 2.54. The molecule has 0 saturated heterocycles. The lowest BCUT2D eigenvalue weighted by Gasteiger charge is -2.15. The average molecular weight is 396 g/mol. The molecule has 2 aromatic carbocycles. The molecule has 0 unspecified atom stereocenters. The molecule has 0 aliphatic heterocycles. The van der Waals surface area contributed by atoms with E-state index in [1.807, 2.05) is 24.3 Å². The lowest BCUT2D eigenvalue weighted by Crippen LogP contribution is -2.11. The fourth-order valence-electron chi connectivity index (χ4n) is 2.09. The van der Waals surface area contributed by atoms with Crippen molar-refractivity contribution in [3.05, 3.63) is 46.4 Å². The van der Waals surface area contributed by atoms with Crippen LogP contribution in [0, 0.1) is 0 Å². The van der Waals surface area contributed by atoms with E-state index in [2.05, 4.69) is 21.1 Å². The Kier molecular flexibility index (Phi) is 6.74. The molecule has 0 aliphatic rings. The zero-order valence-electron chi connectivity index (χ0n) is 13.4. The number of para-hydroxylation sites is 2. The molecule has 6 nitrogen and oxygen atoms in total. The standard InChI is InChI=1S/C17H18BrNO5/c1-21-14-5-3-4-6-15(14)23-7-8-24-17-12(11-19-20)9-13(18)10-16(17)22-2/h3-6,9-11,20H,7-8H2,1-2H3. The van der Waals surface area contributed by atoms with Crippen LogP contribution in [0.1, 0.15) is 5.56 Å². The molecule has 0 heterocycles. The van der Waals surface area contributed by atoms with Crippen molar-refractivity contribution in [1.29, 1.82) is 0 Å². The van der Waals surface area contributed by atoms with Crippen LogP contribution in [0.15, 0.2) is 46.0 Å². The Bertz CT molecular complexity index is 705. The fraction of sp³-hybridized carbons (Fsp3) is 0.235. The average Bonchev–Trinajstić information content (AvgIpc) is 2.60. The zero-order chi connectivity index (χ0) is 17.4. The van der Waals surface area contributed by atoms with E-state index in [9.17, 15) is 0 Å². The molecule has 0 amide bonds. The summed E-state index contributed by atoms with van der Waals surface area (Å²) in [5.74, 6) is 2.30. The molecule has 0 spiro atoms. The molecule has 2 rings (SSSR count). The molecule has 7 heteroatoms. The van der Waals surface area contributed by atoms with Gasteiger partial charge in [0.1, 0.15) is 13.2 Å². The second-order valence-electron chi connectivity index (χ2n) is 4.62. The van der Waals surface area contributed by atoms with Crippen LogP contribution in [0.4, 0.5) is 0 Å². The quantitative estimate of drug-likeness (QED) is 0.319. The highest BCUT2D eigenvalue weighted by Crippen LogP contribution is 2.34. The smallest absolute Gasteiger partial charge is 0.170 e. The van der Waals surface area contributed by atoms with Crippen LogP contribution < -0.4 is 18.9 Å². The number of nitrogens with zero attached hydrogens (tertiary/aromatic N) is 1. The Morgan fingerprint density at radius 2 is 1.67 bits per heavy atom. The van der Waals surface area contributed by atoms with E-state index in [1.165, 1.54) is 6.21 Å². The highest BCUT2D eigenvalue weighted by atomic mass is 79.9. The summed E-state index contributed by atoms with van der Waals surface area (Å²) in [6.07, 6.45) is 1.28. The van der Waals surface area contributed by atoms with Gasteiger partial charge in [-0.2, -0.15) is 0 Å². The maximum absolute atomic E-state index is 8.80. The summed E-state index contributed by atoms with van der Waals surface area (Å²) in [4.78, 5) is 0. The Labute approximate surface area is 148 Å². The normalized spacial score (nSPS) is 10.6. The molecule has 0 saturated carbocycles. The summed E-state index contributed by atoms with van der Waals surface area (Å²) >= 11 is 3.37. The molecule has 0 atom stereocenters. The highest BCUT2D eigenvalue weighted by molar-refractivity contribution is 9.10. The summed E-state index contributed by atoms with van der Waals surface area (Å²) < 4.78 is 22.7. The van der Waals surface area contributed by atoms with Crippen molar-refractivity contribution in [3.8, 4) is 23.0 Å². The predicted octanol–water partition coefficient (Wildman–Crippen LogP) is 3.73. The van der Waals surface area contributed by atoms with E-state index in [-0.39, 0.29) is 6.61 Å². The molecule has 24 heavy (non-hydrogen) atoms. The van der Waals surface area contributed by atoms with Crippen molar-refractivity contribution in [1.82, 2.24) is 0 Å². The Morgan fingerprint density at radius 3 is 2.33 bits per heavy atom. The van der Waals surface area contributed by atoms with Crippen LogP contribution >= 0.6 is 15.9 Å². The van der Waals surface area contributed by atoms with Gasteiger partial charge < -0.3 is 24.2 Å². The Hall–Kier alpha value is -2.41. The van der Waals surface area contributed by atoms with Gasteiger partial charge in [-0.05, 0) is 24.3 Å². The third-order valence-corrected chi connectivity index (χ3v) is 3.58. The number of oxime groups is 1. The SMILES string of the molecule is COc1ccccc1OCCOc1c(C=NO)cc(Br)cc1OC. The van der Waals surface area contributed by atoms with Gasteiger partial charge in [0.2, 0.25) is 0 Å². The molecule has 0 fully saturated rings. The minimum absolute atomic E-state index is 0.280. The second-order valence-corrected chi connectivity index (χ2v) is 5.53. The van der Waals surface area contributed by atoms with Gasteiger partial charge in [-0.3, -0.25) is 0 Å². The van der Waals surface area contributed by atoms with E-state index in [0.717, 1.165) is 4.47 Å². The Morgan fingerprint density at radius 1 is 1.00 bits per heavy atom. The minimum atomic E-state index is 0.280. The molecule has 2 aromatic rings. The van der Waals surface area contributed by atoms with Gasteiger partial charge in [-0.25, -0.2) is 0 Å². The first kappa shape index (κ1) is 17.9. The van der Waals surface area contributed by atoms with Crippen molar-refractivity contribution in [2.45, 2.75) is 0 Å². The largest absolute Gasteiger partial charge is 0.493 e. The third-order valence-electron chi connectivity index (χ3n) is 3.12. The van der Waals surface area contributed by atoms with Crippen LogP contribution in [0.2, 0.25) is 0 Å². The van der Waals surface area contributed by atoms with Gasteiger partial charge in [-0.1, -0.05) is 33.2 Å². The van der Waals surface area contributed by atoms with Crippen LogP contribution in [0.5, 0.6) is 23.0 Å². The van der Waals surface area contributed by atoms with Crippen LogP contribution in [0.3, 0.4) is 0 Å². The van der Waals surface area contributed by atoms with Gasteiger partial charge in [0.25, 0.3) is 0 Å². The predicted molar refractivity (Wildman–Crippen MR) is 94.1 cm³/mol. The first-order valence-electron chi connectivity index (χ1n) is 7.13. The number of hydrogen-bond donors (Lipinski definition) is 1. The van der Waals surface area contributed by atoms with Crippen molar-refractivity contribution >= 4 is 22.1 Å². The van der Waals surface area contributed by atoms with E-state index in [1.54, 1.807) is 26.4 Å². The number of benzene rings is 2. The van der Waals surface area contributed by atoms with E-state index >= 15 is 0 Å². The van der Waals surface area contributed by atoms with E-state index in [4.69, 9.17) is 24.2 Å². The number of rotatable bonds is 8. The lowest BCUT2D eigenvalue weighted by molar-refractivity contribution is 0.206. The summed E-state index contributed by atoms with van der Waals surface area (Å²) in [5.41, 5.74) is 0.584.